The molecule has 1 aliphatic rings. The van der Waals surface area contributed by atoms with E-state index < -0.39 is 5.60 Å². The van der Waals surface area contributed by atoms with Crippen LogP contribution in [0, 0.1) is 0 Å². The summed E-state index contributed by atoms with van der Waals surface area (Å²) in [5.41, 5.74) is 1.43. The molecule has 1 fully saturated rings. The number of nitrogens with zero attached hydrogens (tertiary/aromatic N) is 3. The van der Waals surface area contributed by atoms with E-state index in [1.165, 1.54) is 0 Å². The van der Waals surface area contributed by atoms with E-state index in [2.05, 4.69) is 20.2 Å². The minimum absolute atomic E-state index is 0.557. The third-order valence-corrected chi connectivity index (χ3v) is 4.49. The average Bonchev–Trinajstić information content (AvgIpc) is 2.87. The highest BCUT2D eigenvalue weighted by Crippen LogP contribution is 2.25. The SMILES string of the molecule is CC1(O)CCCN(Cc2csc(-c3ccccn3)n2)C1. The van der Waals surface area contributed by atoms with Gasteiger partial charge in [0.25, 0.3) is 0 Å². The Morgan fingerprint density at radius 2 is 2.35 bits per heavy atom. The van der Waals surface area contributed by atoms with Crippen molar-refractivity contribution in [2.24, 2.45) is 0 Å². The summed E-state index contributed by atoms with van der Waals surface area (Å²) in [5.74, 6) is 0. The predicted molar refractivity (Wildman–Crippen MR) is 80.5 cm³/mol. The number of piperidine rings is 1. The van der Waals surface area contributed by atoms with E-state index in [1.54, 1.807) is 17.5 Å². The first kappa shape index (κ1) is 13.7. The molecule has 20 heavy (non-hydrogen) atoms. The van der Waals surface area contributed by atoms with Crippen LogP contribution < -0.4 is 0 Å². The number of hydrogen-bond donors (Lipinski definition) is 1. The van der Waals surface area contributed by atoms with Crippen molar-refractivity contribution in [1.29, 1.82) is 0 Å². The second kappa shape index (κ2) is 5.60. The first-order valence-corrected chi connectivity index (χ1v) is 7.81. The standard InChI is InChI=1S/C15H19N3OS/c1-15(19)6-4-8-18(11-15)9-12-10-20-14(17-12)13-5-2-3-7-16-13/h2-3,5,7,10,19H,4,6,8-9,11H2,1H3. The molecule has 0 amide bonds. The number of aliphatic hydroxyl groups is 1. The summed E-state index contributed by atoms with van der Waals surface area (Å²) in [6.45, 7) is 4.48. The van der Waals surface area contributed by atoms with Crippen LogP contribution in [0.1, 0.15) is 25.5 Å². The van der Waals surface area contributed by atoms with Gasteiger partial charge in [0.15, 0.2) is 0 Å². The Morgan fingerprint density at radius 1 is 1.45 bits per heavy atom. The van der Waals surface area contributed by atoms with Crippen molar-refractivity contribution in [3.05, 3.63) is 35.5 Å². The quantitative estimate of drug-likeness (QED) is 0.943. The molecule has 0 spiro atoms. The molecule has 0 bridgehead atoms. The third kappa shape index (κ3) is 3.23. The molecule has 0 saturated carbocycles. The minimum Gasteiger partial charge on any atom is -0.389 e. The fourth-order valence-electron chi connectivity index (χ4n) is 2.67. The molecule has 1 unspecified atom stereocenters. The highest BCUT2D eigenvalue weighted by molar-refractivity contribution is 7.13. The first-order chi connectivity index (χ1) is 9.62. The lowest BCUT2D eigenvalue weighted by atomic mass is 9.95. The third-order valence-electron chi connectivity index (χ3n) is 3.58. The van der Waals surface area contributed by atoms with Crippen LogP contribution in [0.2, 0.25) is 0 Å². The van der Waals surface area contributed by atoms with Gasteiger partial charge in [-0.05, 0) is 38.4 Å². The lowest BCUT2D eigenvalue weighted by molar-refractivity contribution is -0.0184. The van der Waals surface area contributed by atoms with E-state index in [0.29, 0.717) is 0 Å². The number of likely N-dealkylation sites (tertiary alicyclic amines) is 1. The zero-order chi connectivity index (χ0) is 14.0. The van der Waals surface area contributed by atoms with E-state index in [0.717, 1.165) is 48.9 Å². The monoisotopic (exact) mass is 289 g/mol. The highest BCUT2D eigenvalue weighted by atomic mass is 32.1. The van der Waals surface area contributed by atoms with Crippen LogP contribution in [0.5, 0.6) is 0 Å². The van der Waals surface area contributed by atoms with E-state index in [9.17, 15) is 5.11 Å². The number of rotatable bonds is 3. The van der Waals surface area contributed by atoms with Crippen LogP contribution in [-0.4, -0.2) is 38.7 Å². The van der Waals surface area contributed by atoms with Crippen LogP contribution in [0.4, 0.5) is 0 Å². The number of thiazole rings is 1. The van der Waals surface area contributed by atoms with Crippen LogP contribution in [0.25, 0.3) is 10.7 Å². The van der Waals surface area contributed by atoms with Gasteiger partial charge in [-0.2, -0.15) is 0 Å². The Balaban J connectivity index is 1.69. The van der Waals surface area contributed by atoms with Gasteiger partial charge in [-0.1, -0.05) is 6.07 Å². The Morgan fingerprint density at radius 3 is 3.10 bits per heavy atom. The Hall–Kier alpha value is -1.30. The lowest BCUT2D eigenvalue weighted by Crippen LogP contribution is -2.45. The van der Waals surface area contributed by atoms with Gasteiger partial charge < -0.3 is 5.11 Å². The molecule has 0 aromatic carbocycles. The highest BCUT2D eigenvalue weighted by Gasteiger charge is 2.28. The summed E-state index contributed by atoms with van der Waals surface area (Å²) < 4.78 is 0. The molecule has 1 saturated heterocycles. The molecule has 3 rings (SSSR count). The van der Waals surface area contributed by atoms with Gasteiger partial charge in [0.2, 0.25) is 0 Å². The fraction of sp³-hybridized carbons (Fsp3) is 0.467. The zero-order valence-corrected chi connectivity index (χ0v) is 12.4. The smallest absolute Gasteiger partial charge is 0.142 e. The number of aromatic nitrogens is 2. The number of pyridine rings is 1. The van der Waals surface area contributed by atoms with Gasteiger partial charge >= 0.3 is 0 Å². The summed E-state index contributed by atoms with van der Waals surface area (Å²) >= 11 is 1.63. The van der Waals surface area contributed by atoms with E-state index in [4.69, 9.17) is 0 Å². The fourth-order valence-corrected chi connectivity index (χ4v) is 3.46. The van der Waals surface area contributed by atoms with Gasteiger partial charge in [0.05, 0.1) is 17.0 Å². The normalized spacial score (nSPS) is 23.9. The van der Waals surface area contributed by atoms with Crippen LogP contribution in [-0.2, 0) is 6.54 Å². The molecule has 5 heteroatoms. The van der Waals surface area contributed by atoms with Gasteiger partial charge in [-0.15, -0.1) is 11.3 Å². The Kier molecular flexibility index (Phi) is 3.83. The van der Waals surface area contributed by atoms with Gasteiger partial charge in [-0.3, -0.25) is 9.88 Å². The summed E-state index contributed by atoms with van der Waals surface area (Å²) in [7, 11) is 0. The number of hydrogen-bond acceptors (Lipinski definition) is 5. The summed E-state index contributed by atoms with van der Waals surface area (Å²) in [6.07, 6.45) is 3.72. The maximum atomic E-state index is 10.1. The van der Waals surface area contributed by atoms with Gasteiger partial charge in [-0.25, -0.2) is 4.98 Å². The predicted octanol–water partition coefficient (Wildman–Crippen LogP) is 2.55. The molecule has 4 nitrogen and oxygen atoms in total. The summed E-state index contributed by atoms with van der Waals surface area (Å²) in [5, 5.41) is 13.2. The van der Waals surface area contributed by atoms with E-state index in [1.807, 2.05) is 25.1 Å². The van der Waals surface area contributed by atoms with Crippen LogP contribution >= 0.6 is 11.3 Å². The topological polar surface area (TPSA) is 49.2 Å². The second-order valence-corrected chi connectivity index (χ2v) is 6.53. The van der Waals surface area contributed by atoms with Gasteiger partial charge in [0, 0.05) is 24.7 Å². The largest absolute Gasteiger partial charge is 0.389 e. The zero-order valence-electron chi connectivity index (χ0n) is 11.6. The first-order valence-electron chi connectivity index (χ1n) is 6.93. The second-order valence-electron chi connectivity index (χ2n) is 5.67. The van der Waals surface area contributed by atoms with Crippen molar-refractivity contribution in [3.63, 3.8) is 0 Å². The van der Waals surface area contributed by atoms with Crippen molar-refractivity contribution in [2.75, 3.05) is 13.1 Å². The lowest BCUT2D eigenvalue weighted by Gasteiger charge is -2.36. The van der Waals surface area contributed by atoms with Crippen molar-refractivity contribution in [3.8, 4) is 10.7 Å². The minimum atomic E-state index is -0.557. The summed E-state index contributed by atoms with van der Waals surface area (Å²) in [6, 6.07) is 5.87. The molecule has 0 radical (unpaired) electrons. The molecular formula is C15H19N3OS. The number of β-amino-alcohol motifs (C(OH)–C–C–N with tert-alkyl or cyclic N) is 1. The molecule has 1 atom stereocenters. The van der Waals surface area contributed by atoms with E-state index >= 15 is 0 Å². The van der Waals surface area contributed by atoms with Crippen molar-refractivity contribution in [1.82, 2.24) is 14.9 Å². The van der Waals surface area contributed by atoms with Crippen LogP contribution in [0.3, 0.4) is 0 Å². The molecule has 2 aromatic heterocycles. The Bertz CT molecular complexity index is 568. The van der Waals surface area contributed by atoms with Crippen molar-refractivity contribution >= 4 is 11.3 Å². The van der Waals surface area contributed by atoms with E-state index in [-0.39, 0.29) is 0 Å². The maximum Gasteiger partial charge on any atom is 0.142 e. The maximum absolute atomic E-state index is 10.1. The van der Waals surface area contributed by atoms with Crippen molar-refractivity contribution in [2.45, 2.75) is 31.9 Å². The molecule has 0 aliphatic carbocycles. The Labute approximate surface area is 123 Å². The van der Waals surface area contributed by atoms with Gasteiger partial charge in [0.1, 0.15) is 5.01 Å². The van der Waals surface area contributed by atoms with Crippen molar-refractivity contribution < 1.29 is 5.11 Å². The molecular weight excluding hydrogens is 270 g/mol. The molecule has 2 aromatic rings. The molecule has 106 valence electrons. The summed E-state index contributed by atoms with van der Waals surface area (Å²) in [4.78, 5) is 11.3. The molecule has 1 aliphatic heterocycles. The van der Waals surface area contributed by atoms with Crippen LogP contribution in [0.15, 0.2) is 29.8 Å². The molecule has 1 N–H and O–H groups in total. The average molecular weight is 289 g/mol. The molecule has 3 heterocycles.